The molecule has 19 heavy (non-hydrogen) atoms. The molecule has 0 heterocycles. The first-order valence-corrected chi connectivity index (χ1v) is 6.94. The zero-order valence-corrected chi connectivity index (χ0v) is 12.7. The Morgan fingerprint density at radius 2 is 1.79 bits per heavy atom. The van der Waals surface area contributed by atoms with Crippen LogP contribution in [0, 0.1) is 5.82 Å². The van der Waals surface area contributed by atoms with Gasteiger partial charge < -0.3 is 0 Å². The Morgan fingerprint density at radius 1 is 1.16 bits per heavy atom. The summed E-state index contributed by atoms with van der Waals surface area (Å²) in [5.41, 5.74) is 3.68. The van der Waals surface area contributed by atoms with E-state index in [-0.39, 0.29) is 5.82 Å². The average molecular weight is 364 g/mol. The molecule has 6 heteroatoms. The van der Waals surface area contributed by atoms with E-state index in [1.165, 1.54) is 0 Å². The molecule has 2 rings (SSSR count). The molecule has 3 N–H and O–H groups in total. The second-order valence-corrected chi connectivity index (χ2v) is 5.67. The quantitative estimate of drug-likeness (QED) is 0.624. The molecule has 0 radical (unpaired) electrons. The van der Waals surface area contributed by atoms with E-state index in [4.69, 9.17) is 29.0 Å². The van der Waals surface area contributed by atoms with Gasteiger partial charge in [0.2, 0.25) is 0 Å². The van der Waals surface area contributed by atoms with E-state index in [0.717, 1.165) is 0 Å². The van der Waals surface area contributed by atoms with Crippen molar-refractivity contribution >= 4 is 39.1 Å². The Hall–Kier alpha value is -0.650. The highest BCUT2D eigenvalue weighted by molar-refractivity contribution is 9.10. The minimum atomic E-state index is -0.534. The van der Waals surface area contributed by atoms with E-state index in [9.17, 15) is 4.39 Å². The van der Waals surface area contributed by atoms with E-state index in [1.807, 2.05) is 0 Å². The minimum absolute atomic E-state index is 0.373. The molecule has 0 aromatic heterocycles. The van der Waals surface area contributed by atoms with Gasteiger partial charge in [0.15, 0.2) is 0 Å². The molecule has 0 amide bonds. The first-order valence-electron chi connectivity index (χ1n) is 5.39. The van der Waals surface area contributed by atoms with Crippen molar-refractivity contribution in [1.29, 1.82) is 0 Å². The molecular formula is C13H10BrCl2FN2. The molecule has 0 bridgehead atoms. The van der Waals surface area contributed by atoms with Crippen molar-refractivity contribution in [1.82, 2.24) is 5.43 Å². The van der Waals surface area contributed by atoms with E-state index in [1.54, 1.807) is 36.4 Å². The third-order valence-electron chi connectivity index (χ3n) is 2.68. The highest BCUT2D eigenvalue weighted by atomic mass is 79.9. The second kappa shape index (κ2) is 6.20. The average Bonchev–Trinajstić information content (AvgIpc) is 2.34. The summed E-state index contributed by atoms with van der Waals surface area (Å²) in [6.45, 7) is 0. The molecule has 100 valence electrons. The summed E-state index contributed by atoms with van der Waals surface area (Å²) in [4.78, 5) is 0. The summed E-state index contributed by atoms with van der Waals surface area (Å²) in [5.74, 6) is 5.16. The summed E-state index contributed by atoms with van der Waals surface area (Å²) in [6, 6.07) is 9.47. The fourth-order valence-electron chi connectivity index (χ4n) is 1.85. The molecule has 2 aromatic carbocycles. The Labute approximate surface area is 128 Å². The lowest BCUT2D eigenvalue weighted by atomic mass is 9.99. The molecule has 1 unspecified atom stereocenters. The van der Waals surface area contributed by atoms with Gasteiger partial charge in [0.1, 0.15) is 5.82 Å². The van der Waals surface area contributed by atoms with Gasteiger partial charge in [-0.2, -0.15) is 0 Å². The van der Waals surface area contributed by atoms with Gasteiger partial charge >= 0.3 is 0 Å². The lowest BCUT2D eigenvalue weighted by Gasteiger charge is -2.18. The highest BCUT2D eigenvalue weighted by Crippen LogP contribution is 2.30. The topological polar surface area (TPSA) is 38.0 Å². The number of hydrazine groups is 1. The van der Waals surface area contributed by atoms with Gasteiger partial charge in [-0.05, 0) is 45.8 Å². The first kappa shape index (κ1) is 14.8. The van der Waals surface area contributed by atoms with Gasteiger partial charge in [-0.15, -0.1) is 0 Å². The monoisotopic (exact) mass is 362 g/mol. The number of halogens is 4. The van der Waals surface area contributed by atoms with Crippen LogP contribution in [0.3, 0.4) is 0 Å². The zero-order valence-electron chi connectivity index (χ0n) is 9.63. The maximum absolute atomic E-state index is 14.1. The van der Waals surface area contributed by atoms with Crippen molar-refractivity contribution in [2.45, 2.75) is 6.04 Å². The van der Waals surface area contributed by atoms with E-state index < -0.39 is 6.04 Å². The number of hydrogen-bond acceptors (Lipinski definition) is 2. The van der Waals surface area contributed by atoms with Crippen LogP contribution in [0.2, 0.25) is 10.0 Å². The molecule has 0 aliphatic heterocycles. The van der Waals surface area contributed by atoms with Gasteiger partial charge in [0.25, 0.3) is 0 Å². The normalized spacial score (nSPS) is 12.5. The third kappa shape index (κ3) is 3.27. The third-order valence-corrected chi connectivity index (χ3v) is 3.73. The van der Waals surface area contributed by atoms with Crippen molar-refractivity contribution < 1.29 is 4.39 Å². The molecular weight excluding hydrogens is 354 g/mol. The van der Waals surface area contributed by atoms with Crippen molar-refractivity contribution in [2.75, 3.05) is 0 Å². The van der Waals surface area contributed by atoms with E-state index in [0.29, 0.717) is 25.6 Å². The standard InChI is InChI=1S/C13H10BrCl2FN2/c14-11-3-1-2-10(12(11)17)13(19-18)7-4-8(15)6-9(16)5-7/h1-6,13,19H,18H2. The maximum atomic E-state index is 14.1. The van der Waals surface area contributed by atoms with Crippen molar-refractivity contribution in [3.8, 4) is 0 Å². The molecule has 1 atom stereocenters. The van der Waals surface area contributed by atoms with Crippen LogP contribution in [0.1, 0.15) is 17.2 Å². The number of hydrogen-bond donors (Lipinski definition) is 2. The number of benzene rings is 2. The van der Waals surface area contributed by atoms with E-state index in [2.05, 4.69) is 21.4 Å². The number of rotatable bonds is 3. The summed E-state index contributed by atoms with van der Waals surface area (Å²) >= 11 is 15.1. The van der Waals surface area contributed by atoms with Crippen LogP contribution in [-0.2, 0) is 0 Å². The fourth-order valence-corrected chi connectivity index (χ4v) is 2.78. The van der Waals surface area contributed by atoms with Gasteiger partial charge in [-0.1, -0.05) is 35.3 Å². The van der Waals surface area contributed by atoms with Crippen LogP contribution in [0.5, 0.6) is 0 Å². The molecule has 0 saturated carbocycles. The van der Waals surface area contributed by atoms with Crippen LogP contribution < -0.4 is 11.3 Å². The lowest BCUT2D eigenvalue weighted by molar-refractivity contribution is 0.556. The second-order valence-electron chi connectivity index (χ2n) is 3.95. The van der Waals surface area contributed by atoms with Crippen LogP contribution in [0.15, 0.2) is 40.9 Å². The Morgan fingerprint density at radius 3 is 2.37 bits per heavy atom. The van der Waals surface area contributed by atoms with Gasteiger partial charge in [0, 0.05) is 15.6 Å². The minimum Gasteiger partial charge on any atom is -0.271 e. The van der Waals surface area contributed by atoms with Crippen molar-refractivity contribution in [2.24, 2.45) is 5.84 Å². The molecule has 0 aliphatic rings. The largest absolute Gasteiger partial charge is 0.271 e. The van der Waals surface area contributed by atoms with Crippen LogP contribution in [0.4, 0.5) is 4.39 Å². The van der Waals surface area contributed by atoms with Crippen LogP contribution >= 0.6 is 39.1 Å². The van der Waals surface area contributed by atoms with E-state index >= 15 is 0 Å². The van der Waals surface area contributed by atoms with Gasteiger partial charge in [0.05, 0.1) is 10.5 Å². The van der Waals surface area contributed by atoms with Crippen LogP contribution in [0.25, 0.3) is 0 Å². The molecule has 2 aromatic rings. The maximum Gasteiger partial charge on any atom is 0.142 e. The predicted octanol–water partition coefficient (Wildman–Crippen LogP) is 4.45. The predicted molar refractivity (Wildman–Crippen MR) is 79.7 cm³/mol. The fraction of sp³-hybridized carbons (Fsp3) is 0.0769. The summed E-state index contributed by atoms with van der Waals surface area (Å²) < 4.78 is 14.5. The first-order chi connectivity index (χ1) is 9.02. The van der Waals surface area contributed by atoms with Gasteiger partial charge in [-0.3, -0.25) is 5.84 Å². The lowest BCUT2D eigenvalue weighted by Crippen LogP contribution is -2.29. The molecule has 2 nitrogen and oxygen atoms in total. The number of nitrogens with one attached hydrogen (secondary N) is 1. The smallest absolute Gasteiger partial charge is 0.142 e. The van der Waals surface area contributed by atoms with Gasteiger partial charge in [-0.25, -0.2) is 9.82 Å². The molecule has 0 saturated heterocycles. The van der Waals surface area contributed by atoms with Crippen molar-refractivity contribution in [3.63, 3.8) is 0 Å². The Bertz CT molecular complexity index is 587. The summed E-state index contributed by atoms with van der Waals surface area (Å²) in [5, 5.41) is 0.941. The Kier molecular flexibility index (Phi) is 4.81. The highest BCUT2D eigenvalue weighted by Gasteiger charge is 2.18. The van der Waals surface area contributed by atoms with Crippen molar-refractivity contribution in [3.05, 3.63) is 67.9 Å². The zero-order chi connectivity index (χ0) is 14.0. The molecule has 0 spiro atoms. The summed E-state index contributed by atoms with van der Waals surface area (Å²) in [7, 11) is 0. The molecule has 0 fully saturated rings. The summed E-state index contributed by atoms with van der Waals surface area (Å²) in [6.07, 6.45) is 0. The Balaban J connectivity index is 2.53. The SMILES string of the molecule is NNC(c1cc(Cl)cc(Cl)c1)c1cccc(Br)c1F. The molecule has 0 aliphatic carbocycles. The van der Waals surface area contributed by atoms with Crippen LogP contribution in [-0.4, -0.2) is 0 Å². The number of nitrogens with two attached hydrogens (primary N) is 1.